The Labute approximate surface area is 501 Å². The van der Waals surface area contributed by atoms with Crippen LogP contribution in [0.5, 0.6) is 11.5 Å². The Hall–Kier alpha value is -7.76. The number of nitrogens with zero attached hydrogens (tertiary/aromatic N) is 6. The topological polar surface area (TPSA) is 210 Å². The van der Waals surface area contributed by atoms with E-state index in [1.54, 1.807) is 48.5 Å². The van der Waals surface area contributed by atoms with Gasteiger partial charge in [0.2, 0.25) is 0 Å². The zero-order valence-corrected chi connectivity index (χ0v) is 49.8. The first-order valence-electron chi connectivity index (χ1n) is 28.9. The van der Waals surface area contributed by atoms with Gasteiger partial charge in [0.15, 0.2) is 25.5 Å². The summed E-state index contributed by atoms with van der Waals surface area (Å²) in [5.74, 6) is -1.44. The molecule has 0 bridgehead atoms. The molecule has 86 heavy (non-hydrogen) atoms. The van der Waals surface area contributed by atoms with E-state index in [2.05, 4.69) is 63.1 Å². The van der Waals surface area contributed by atoms with Gasteiger partial charge in [0.25, 0.3) is 0 Å². The number of hydrogen-bond acceptors (Lipinski definition) is 14. The summed E-state index contributed by atoms with van der Waals surface area (Å²) in [6, 6.07) is 42.2. The van der Waals surface area contributed by atoms with Crippen LogP contribution in [-0.2, 0) is 50.6 Å². The highest BCUT2D eigenvalue weighted by Crippen LogP contribution is 2.30. The first-order valence-corrected chi connectivity index (χ1v) is 32.5. The van der Waals surface area contributed by atoms with Crippen LogP contribution in [0.15, 0.2) is 146 Å². The van der Waals surface area contributed by atoms with Crippen molar-refractivity contribution in [2.75, 3.05) is 98.8 Å². The number of esters is 1. The van der Waals surface area contributed by atoms with Gasteiger partial charge in [0.1, 0.15) is 35.3 Å². The number of rotatable bonds is 17. The van der Waals surface area contributed by atoms with E-state index < -0.39 is 49.3 Å². The first kappa shape index (κ1) is 62.8. The Balaban J connectivity index is 0.000000205. The molecule has 4 aliphatic rings. The van der Waals surface area contributed by atoms with Gasteiger partial charge < -0.3 is 29.7 Å². The summed E-state index contributed by atoms with van der Waals surface area (Å²) in [5, 5.41) is 0. The van der Waals surface area contributed by atoms with E-state index in [4.69, 9.17) is 15.2 Å². The number of hydrogen-bond donors (Lipinski definition) is 1. The van der Waals surface area contributed by atoms with Crippen molar-refractivity contribution in [3.05, 3.63) is 191 Å². The van der Waals surface area contributed by atoms with Crippen LogP contribution >= 0.6 is 0 Å². The van der Waals surface area contributed by atoms with Crippen LogP contribution in [0.25, 0.3) is 0 Å². The van der Waals surface area contributed by atoms with E-state index in [9.17, 15) is 36.0 Å². The van der Waals surface area contributed by atoms with Crippen LogP contribution in [0, 0.1) is 11.6 Å². The van der Waals surface area contributed by atoms with Crippen LogP contribution in [0.1, 0.15) is 68.7 Å². The smallest absolute Gasteiger partial charge is 0.337 e. The molecule has 4 aliphatic heterocycles. The average Bonchev–Trinajstić information content (AvgIpc) is 2.16. The summed E-state index contributed by atoms with van der Waals surface area (Å²) in [7, 11) is -5.17. The lowest BCUT2D eigenvalue weighted by Crippen LogP contribution is -2.49. The lowest BCUT2D eigenvalue weighted by atomic mass is 10.1. The Morgan fingerprint density at radius 1 is 0.512 bits per heavy atom. The van der Waals surface area contributed by atoms with Crippen molar-refractivity contribution < 1.29 is 59.0 Å². The molecule has 0 spiro atoms. The molecule has 4 amide bonds. The summed E-state index contributed by atoms with van der Waals surface area (Å²) in [5.41, 5.74) is 9.68. The maximum absolute atomic E-state index is 15.1. The number of Topliss-reactive ketones (excluding diaryl/α,β-unsaturated/α-hetero) is 1. The van der Waals surface area contributed by atoms with E-state index in [-0.39, 0.29) is 109 Å². The largest absolute Gasteiger partial charge is 0.490 e. The lowest BCUT2D eigenvalue weighted by molar-refractivity contribution is 0.0599. The fourth-order valence-electron chi connectivity index (χ4n) is 10.8. The SMILES string of the molecule is COC(=O)c1ccc(CN(C(=O)N2CCS(=O)(=O)CC2)c2ccc(OC3CCN(Cc4ccccc4)CC3)cc2)c(F)c1.NCC(=O)c1ccc(CN(C(=O)N2CCS(=O)(=O)CC2)c2ccc(OC3CCN(Cc4ccccc4)CC3)cc2)c(F)c1. The predicted molar refractivity (Wildman–Crippen MR) is 325 cm³/mol. The number of nitrogens with two attached hydrogens (primary N) is 1. The van der Waals surface area contributed by atoms with E-state index in [1.165, 1.54) is 62.1 Å². The predicted octanol–water partition coefficient (Wildman–Crippen LogP) is 8.38. The van der Waals surface area contributed by atoms with Crippen molar-refractivity contribution in [3.8, 4) is 11.5 Å². The van der Waals surface area contributed by atoms with Gasteiger partial charge in [0.05, 0.1) is 55.3 Å². The Morgan fingerprint density at radius 3 is 1.24 bits per heavy atom. The number of likely N-dealkylation sites (tertiary alicyclic amines) is 2. The fourth-order valence-corrected chi connectivity index (χ4v) is 13.2. The molecule has 0 unspecified atom stereocenters. The third kappa shape index (κ3) is 17.2. The highest BCUT2D eigenvalue weighted by atomic mass is 32.2. The summed E-state index contributed by atoms with van der Waals surface area (Å²) >= 11 is 0. The van der Waals surface area contributed by atoms with Gasteiger partial charge in [0, 0.05) is 93.5 Å². The second kappa shape index (κ2) is 29.1. The molecule has 0 aliphatic carbocycles. The highest BCUT2D eigenvalue weighted by Gasteiger charge is 2.32. The number of urea groups is 2. The first-order chi connectivity index (χ1) is 41.4. The van der Waals surface area contributed by atoms with Crippen LogP contribution in [0.4, 0.5) is 29.7 Å². The molecule has 4 saturated heterocycles. The summed E-state index contributed by atoms with van der Waals surface area (Å²) in [4.78, 5) is 61.7. The third-order valence-corrected chi connectivity index (χ3v) is 19.1. The average molecular weight is 1220 g/mol. The van der Waals surface area contributed by atoms with E-state index in [0.29, 0.717) is 22.9 Å². The van der Waals surface area contributed by atoms with Crippen molar-refractivity contribution >= 4 is 54.9 Å². The van der Waals surface area contributed by atoms with Crippen LogP contribution in [-0.4, -0.2) is 161 Å². The number of ether oxygens (including phenoxy) is 3. The van der Waals surface area contributed by atoms with E-state index in [0.717, 1.165) is 77.1 Å². The van der Waals surface area contributed by atoms with Gasteiger partial charge in [-0.15, -0.1) is 0 Å². The van der Waals surface area contributed by atoms with E-state index in [1.807, 2.05) is 12.1 Å². The molecular formula is C64H73F2N7O11S2. The second-order valence-electron chi connectivity index (χ2n) is 21.9. The number of benzene rings is 6. The fraction of sp³-hybridized carbons (Fsp3) is 0.375. The molecule has 4 heterocycles. The van der Waals surface area contributed by atoms with Crippen LogP contribution in [0.3, 0.4) is 0 Å². The molecule has 456 valence electrons. The van der Waals surface area contributed by atoms with Gasteiger partial charge >= 0.3 is 18.0 Å². The Morgan fingerprint density at radius 2 is 0.884 bits per heavy atom. The summed E-state index contributed by atoms with van der Waals surface area (Å²) in [6.07, 6.45) is 3.76. The van der Waals surface area contributed by atoms with Crippen molar-refractivity contribution in [2.24, 2.45) is 5.73 Å². The van der Waals surface area contributed by atoms with Crippen molar-refractivity contribution in [1.29, 1.82) is 0 Å². The number of anilines is 2. The van der Waals surface area contributed by atoms with E-state index >= 15 is 8.78 Å². The van der Waals surface area contributed by atoms with Crippen LogP contribution in [0.2, 0.25) is 0 Å². The van der Waals surface area contributed by atoms with Gasteiger partial charge in [-0.3, -0.25) is 24.4 Å². The monoisotopic (exact) mass is 1220 g/mol. The molecule has 0 saturated carbocycles. The molecule has 6 aromatic rings. The Kier molecular flexibility index (Phi) is 21.2. The number of piperidine rings is 2. The molecular weight excluding hydrogens is 1140 g/mol. The van der Waals surface area contributed by atoms with Crippen LogP contribution < -0.4 is 25.0 Å². The minimum absolute atomic E-state index is 0.0611. The van der Waals surface area contributed by atoms with Crippen molar-refractivity contribution in [2.45, 2.75) is 64.1 Å². The molecule has 10 rings (SSSR count). The lowest BCUT2D eigenvalue weighted by Gasteiger charge is -2.33. The molecule has 6 aromatic carbocycles. The standard InChI is InChI=1S/C32H37FN4O5S.C32H36FN3O6S/c33-30-20-25(31(38)21-34)6-7-26(30)23-37(32(39)36-16-18-43(40,41)19-17-36)27-8-10-28(11-9-27)42-29-12-14-35(15-13-29)22-24-4-2-1-3-5-24;1-41-31(37)25-7-8-26(30(33)21-25)23-36(32(38)35-17-19-43(39,40)20-18-35)27-9-11-28(12-10-27)42-29-13-15-34(16-14-29)22-24-5-3-2-4-6-24/h1-11,20,29H,12-19,21-23,34H2;2-12,21,29H,13-20,22-23H2,1H3. The quantitative estimate of drug-likeness (QED) is 0.0672. The van der Waals surface area contributed by atoms with Crippen molar-refractivity contribution in [1.82, 2.24) is 19.6 Å². The number of halogens is 2. The second-order valence-corrected chi connectivity index (χ2v) is 26.5. The number of carbonyl (C=O) groups is 4. The number of sulfone groups is 2. The molecule has 4 fully saturated rings. The molecule has 2 N–H and O–H groups in total. The normalized spacial score (nSPS) is 17.3. The van der Waals surface area contributed by atoms with Gasteiger partial charge in [-0.05, 0) is 104 Å². The zero-order valence-electron chi connectivity index (χ0n) is 48.2. The maximum Gasteiger partial charge on any atom is 0.337 e. The molecule has 22 heteroatoms. The Bertz CT molecular complexity index is 3260. The number of carbonyl (C=O) groups excluding carboxylic acids is 4. The summed E-state index contributed by atoms with van der Waals surface area (Å²) in [6.45, 7) is 5.38. The van der Waals surface area contributed by atoms with Gasteiger partial charge in [-0.1, -0.05) is 78.9 Å². The third-order valence-electron chi connectivity index (χ3n) is 15.9. The summed E-state index contributed by atoms with van der Waals surface area (Å²) < 4.78 is 95.1. The van der Waals surface area contributed by atoms with Gasteiger partial charge in [-0.25, -0.2) is 40.0 Å². The number of ketones is 1. The molecule has 0 atom stereocenters. The number of methoxy groups -OCH3 is 1. The maximum atomic E-state index is 15.1. The van der Waals surface area contributed by atoms with Crippen molar-refractivity contribution in [3.63, 3.8) is 0 Å². The molecule has 0 radical (unpaired) electrons. The molecule has 18 nitrogen and oxygen atoms in total. The minimum atomic E-state index is -3.20. The van der Waals surface area contributed by atoms with Gasteiger partial charge in [-0.2, -0.15) is 0 Å². The molecule has 0 aromatic heterocycles. The minimum Gasteiger partial charge on any atom is -0.490 e. The highest BCUT2D eigenvalue weighted by molar-refractivity contribution is 7.91. The number of amides is 4. The zero-order chi connectivity index (χ0) is 60.8.